The Kier molecular flexibility index (Phi) is 5.95. The van der Waals surface area contributed by atoms with Gasteiger partial charge in [-0.25, -0.2) is 13.1 Å². The van der Waals surface area contributed by atoms with Gasteiger partial charge in [-0.2, -0.15) is 8.42 Å². The fraction of sp³-hybridized carbons (Fsp3) is 0.400. The first kappa shape index (κ1) is 21.0. The van der Waals surface area contributed by atoms with Crippen molar-refractivity contribution in [2.24, 2.45) is 0 Å². The molecule has 1 saturated carbocycles. The molecule has 6 nitrogen and oxygen atoms in total. The summed E-state index contributed by atoms with van der Waals surface area (Å²) in [5.74, 6) is 0. The average molecular weight is 424 g/mol. The molecule has 0 radical (unpaired) electrons. The van der Waals surface area contributed by atoms with Crippen LogP contribution in [0.3, 0.4) is 0 Å². The number of rotatable bonds is 7. The molecular formula is C20H25NO5S2. The summed E-state index contributed by atoms with van der Waals surface area (Å²) >= 11 is 0. The Labute approximate surface area is 167 Å². The molecule has 0 bridgehead atoms. The van der Waals surface area contributed by atoms with Crippen molar-refractivity contribution >= 4 is 20.1 Å². The number of aryl methyl sites for hydroxylation is 2. The lowest BCUT2D eigenvalue weighted by Crippen LogP contribution is -2.44. The van der Waals surface area contributed by atoms with Crippen LogP contribution in [-0.4, -0.2) is 29.0 Å². The van der Waals surface area contributed by atoms with Crippen molar-refractivity contribution in [2.75, 3.05) is 6.54 Å². The van der Waals surface area contributed by atoms with Crippen molar-refractivity contribution in [2.45, 2.75) is 54.9 Å². The zero-order valence-electron chi connectivity index (χ0n) is 16.0. The number of sulfonamides is 1. The number of nitrogens with one attached hydrogen (secondary N) is 1. The van der Waals surface area contributed by atoms with Crippen LogP contribution in [0.2, 0.25) is 0 Å². The highest BCUT2D eigenvalue weighted by molar-refractivity contribution is 7.89. The molecule has 0 amide bonds. The molecule has 0 aliphatic heterocycles. The highest BCUT2D eigenvalue weighted by Crippen LogP contribution is 2.36. The van der Waals surface area contributed by atoms with Gasteiger partial charge < -0.3 is 0 Å². The fourth-order valence-electron chi connectivity index (χ4n) is 3.32. The van der Waals surface area contributed by atoms with Crippen molar-refractivity contribution in [1.82, 2.24) is 4.72 Å². The van der Waals surface area contributed by atoms with Gasteiger partial charge in [-0.05, 0) is 51.0 Å². The van der Waals surface area contributed by atoms with Crippen LogP contribution in [0.1, 0.15) is 36.8 Å². The van der Waals surface area contributed by atoms with E-state index in [-0.39, 0.29) is 16.3 Å². The fourth-order valence-corrected chi connectivity index (χ4v) is 5.69. The molecule has 0 spiro atoms. The standard InChI is InChI=1S/C20H25NO5S2/c1-16-5-9-18(10-6-16)27(22,23)21-15-20(13-3-4-14-20)26-28(24,25)19-11-7-17(2)8-12-19/h5-12,21H,3-4,13-15H2,1-2H3. The minimum atomic E-state index is -3.99. The van der Waals surface area contributed by atoms with Gasteiger partial charge in [0.15, 0.2) is 0 Å². The van der Waals surface area contributed by atoms with Gasteiger partial charge in [0, 0.05) is 6.54 Å². The van der Waals surface area contributed by atoms with Gasteiger partial charge in [0.05, 0.1) is 9.79 Å². The molecule has 0 aromatic heterocycles. The predicted octanol–water partition coefficient (Wildman–Crippen LogP) is 3.30. The largest absolute Gasteiger partial charge is 0.297 e. The zero-order valence-corrected chi connectivity index (χ0v) is 17.6. The van der Waals surface area contributed by atoms with Crippen LogP contribution >= 0.6 is 0 Å². The summed E-state index contributed by atoms with van der Waals surface area (Å²) in [5, 5.41) is 0. The maximum Gasteiger partial charge on any atom is 0.297 e. The van der Waals surface area contributed by atoms with Crippen LogP contribution in [0.4, 0.5) is 0 Å². The molecule has 0 saturated heterocycles. The van der Waals surface area contributed by atoms with Crippen LogP contribution in [0.15, 0.2) is 58.3 Å². The second-order valence-electron chi connectivity index (χ2n) is 7.38. The Balaban J connectivity index is 1.79. The highest BCUT2D eigenvalue weighted by atomic mass is 32.2. The van der Waals surface area contributed by atoms with Gasteiger partial charge in [0.2, 0.25) is 10.0 Å². The molecule has 3 rings (SSSR count). The van der Waals surface area contributed by atoms with E-state index in [1.807, 2.05) is 13.8 Å². The van der Waals surface area contributed by atoms with Gasteiger partial charge in [-0.3, -0.25) is 4.18 Å². The van der Waals surface area contributed by atoms with E-state index in [1.54, 1.807) is 24.3 Å². The molecule has 1 N–H and O–H groups in total. The summed E-state index contributed by atoms with van der Waals surface area (Å²) in [7, 11) is -7.74. The Bertz CT molecular complexity index is 1020. The molecule has 1 aliphatic carbocycles. The van der Waals surface area contributed by atoms with Crippen LogP contribution in [-0.2, 0) is 24.3 Å². The summed E-state index contributed by atoms with van der Waals surface area (Å²) in [6.45, 7) is 3.66. The second-order valence-corrected chi connectivity index (χ2v) is 10.7. The van der Waals surface area contributed by atoms with Crippen molar-refractivity contribution < 1.29 is 21.0 Å². The van der Waals surface area contributed by atoms with Gasteiger partial charge in [0.1, 0.15) is 5.60 Å². The summed E-state index contributed by atoms with van der Waals surface area (Å²) in [6.07, 6.45) is 2.54. The number of hydrogen-bond donors (Lipinski definition) is 1. The molecule has 28 heavy (non-hydrogen) atoms. The Morgan fingerprint density at radius 2 is 1.29 bits per heavy atom. The minimum absolute atomic E-state index is 0.0748. The molecule has 0 heterocycles. The number of hydrogen-bond acceptors (Lipinski definition) is 5. The van der Waals surface area contributed by atoms with Crippen molar-refractivity contribution in [1.29, 1.82) is 0 Å². The molecule has 1 aliphatic rings. The Morgan fingerprint density at radius 3 is 1.79 bits per heavy atom. The van der Waals surface area contributed by atoms with E-state index in [0.29, 0.717) is 12.8 Å². The van der Waals surface area contributed by atoms with E-state index in [2.05, 4.69) is 4.72 Å². The average Bonchev–Trinajstić information content (AvgIpc) is 3.09. The maximum atomic E-state index is 12.7. The Morgan fingerprint density at radius 1 is 0.821 bits per heavy atom. The quantitative estimate of drug-likeness (QED) is 0.690. The van der Waals surface area contributed by atoms with Crippen LogP contribution in [0, 0.1) is 13.8 Å². The van der Waals surface area contributed by atoms with Crippen LogP contribution in [0.25, 0.3) is 0 Å². The number of benzene rings is 2. The molecule has 0 atom stereocenters. The smallest absolute Gasteiger partial charge is 0.258 e. The third-order valence-corrected chi connectivity index (χ3v) is 7.87. The van der Waals surface area contributed by atoms with E-state index >= 15 is 0 Å². The van der Waals surface area contributed by atoms with Gasteiger partial charge >= 0.3 is 0 Å². The van der Waals surface area contributed by atoms with Gasteiger partial charge in [-0.15, -0.1) is 0 Å². The van der Waals surface area contributed by atoms with E-state index in [9.17, 15) is 16.8 Å². The summed E-state index contributed by atoms with van der Waals surface area (Å²) in [6, 6.07) is 12.9. The van der Waals surface area contributed by atoms with Gasteiger partial charge in [0.25, 0.3) is 10.1 Å². The first-order valence-electron chi connectivity index (χ1n) is 9.21. The summed E-state index contributed by atoms with van der Waals surface area (Å²) in [4.78, 5) is 0.221. The van der Waals surface area contributed by atoms with E-state index < -0.39 is 25.7 Å². The first-order valence-corrected chi connectivity index (χ1v) is 12.1. The monoisotopic (exact) mass is 423 g/mol. The van der Waals surface area contributed by atoms with Crippen molar-refractivity contribution in [3.8, 4) is 0 Å². The highest BCUT2D eigenvalue weighted by Gasteiger charge is 2.41. The summed E-state index contributed by atoms with van der Waals surface area (Å²) < 4.78 is 58.8. The minimum Gasteiger partial charge on any atom is -0.258 e. The maximum absolute atomic E-state index is 12.7. The lowest BCUT2D eigenvalue weighted by molar-refractivity contribution is 0.0892. The van der Waals surface area contributed by atoms with E-state index in [1.165, 1.54) is 24.3 Å². The molecule has 8 heteroatoms. The van der Waals surface area contributed by atoms with Crippen molar-refractivity contribution in [3.63, 3.8) is 0 Å². The lowest BCUT2D eigenvalue weighted by Gasteiger charge is -2.28. The third-order valence-electron chi connectivity index (χ3n) is 5.03. The summed E-state index contributed by atoms with van der Waals surface area (Å²) in [5.41, 5.74) is 0.834. The van der Waals surface area contributed by atoms with Crippen LogP contribution in [0.5, 0.6) is 0 Å². The molecule has 152 valence electrons. The lowest BCUT2D eigenvalue weighted by atomic mass is 10.0. The van der Waals surface area contributed by atoms with E-state index in [4.69, 9.17) is 4.18 Å². The first-order chi connectivity index (χ1) is 13.1. The zero-order chi connectivity index (χ0) is 20.4. The van der Waals surface area contributed by atoms with Crippen molar-refractivity contribution in [3.05, 3.63) is 59.7 Å². The predicted molar refractivity (Wildman–Crippen MR) is 107 cm³/mol. The Hall–Kier alpha value is -1.74. The van der Waals surface area contributed by atoms with E-state index in [0.717, 1.165) is 24.0 Å². The van der Waals surface area contributed by atoms with Crippen LogP contribution < -0.4 is 4.72 Å². The third kappa shape index (κ3) is 4.81. The molecule has 2 aromatic rings. The topological polar surface area (TPSA) is 89.5 Å². The molecule has 0 unspecified atom stereocenters. The van der Waals surface area contributed by atoms with Gasteiger partial charge in [-0.1, -0.05) is 48.2 Å². The molecular weight excluding hydrogens is 398 g/mol. The molecule has 2 aromatic carbocycles. The second kappa shape index (κ2) is 7.94. The molecule has 1 fully saturated rings. The normalized spacial score (nSPS) is 16.9. The SMILES string of the molecule is Cc1ccc(S(=O)(=O)NCC2(OS(=O)(=O)c3ccc(C)cc3)CCCC2)cc1.